The van der Waals surface area contributed by atoms with Gasteiger partial charge >= 0.3 is 5.97 Å². The maximum atomic E-state index is 13.2. The zero-order valence-corrected chi connectivity index (χ0v) is 18.9. The number of rotatable bonds is 7. The lowest BCUT2D eigenvalue weighted by Crippen LogP contribution is -2.36. The second-order valence-electron chi connectivity index (χ2n) is 7.94. The Kier molecular flexibility index (Phi) is 6.53. The quantitative estimate of drug-likeness (QED) is 0.250. The van der Waals surface area contributed by atoms with E-state index in [9.17, 15) is 14.4 Å². The fourth-order valence-corrected chi connectivity index (χ4v) is 3.82. The molecule has 1 atom stereocenters. The lowest BCUT2D eigenvalue weighted by molar-refractivity contribution is -0.141. The normalized spacial score (nSPS) is 11.9. The van der Waals surface area contributed by atoms with Crippen molar-refractivity contribution in [2.75, 3.05) is 6.61 Å². The SMILES string of the molecule is CC(=O)OCCCn1c(=N)c(C(=O)N[C@H](C)c2ccccc2)cc2c(=O)n3ccccc3nc21. The van der Waals surface area contributed by atoms with Gasteiger partial charge in [0.25, 0.3) is 11.5 Å². The van der Waals surface area contributed by atoms with E-state index >= 15 is 0 Å². The van der Waals surface area contributed by atoms with Gasteiger partial charge in [-0.1, -0.05) is 36.4 Å². The standard InChI is InChI=1S/C25H25N5O4/c1-16(18-9-4-3-5-10-18)27-24(32)19-15-20-23(28-21-11-6-7-12-29(21)25(20)33)30(22(19)26)13-8-14-34-17(2)31/h3-7,9-12,15-16,26H,8,13-14H2,1-2H3,(H,27,32)/t16-/m1/s1. The fourth-order valence-electron chi connectivity index (χ4n) is 3.82. The highest BCUT2D eigenvalue weighted by molar-refractivity contribution is 5.97. The monoisotopic (exact) mass is 459 g/mol. The van der Waals surface area contributed by atoms with Crippen molar-refractivity contribution in [2.45, 2.75) is 32.9 Å². The van der Waals surface area contributed by atoms with E-state index < -0.39 is 11.9 Å². The van der Waals surface area contributed by atoms with Gasteiger partial charge in [0.2, 0.25) is 0 Å². The minimum absolute atomic E-state index is 0.0672. The van der Waals surface area contributed by atoms with Crippen LogP contribution in [0, 0.1) is 5.41 Å². The summed E-state index contributed by atoms with van der Waals surface area (Å²) in [5.74, 6) is -0.860. The molecule has 9 nitrogen and oxygen atoms in total. The van der Waals surface area contributed by atoms with Crippen molar-refractivity contribution >= 4 is 28.6 Å². The number of pyridine rings is 2. The number of aromatic nitrogens is 3. The molecule has 0 fully saturated rings. The van der Waals surface area contributed by atoms with Crippen LogP contribution < -0.4 is 16.4 Å². The van der Waals surface area contributed by atoms with Crippen LogP contribution >= 0.6 is 0 Å². The van der Waals surface area contributed by atoms with Crippen molar-refractivity contribution in [1.82, 2.24) is 19.3 Å². The van der Waals surface area contributed by atoms with Crippen molar-refractivity contribution in [3.05, 3.63) is 87.8 Å². The maximum Gasteiger partial charge on any atom is 0.302 e. The number of fused-ring (bicyclic) bond motifs is 2. The van der Waals surface area contributed by atoms with E-state index in [-0.39, 0.29) is 41.2 Å². The molecule has 34 heavy (non-hydrogen) atoms. The van der Waals surface area contributed by atoms with Crippen molar-refractivity contribution in [1.29, 1.82) is 5.41 Å². The number of carbonyl (C=O) groups is 2. The molecule has 3 heterocycles. The molecule has 0 bridgehead atoms. The summed E-state index contributed by atoms with van der Waals surface area (Å²) < 4.78 is 7.94. The molecule has 0 aliphatic rings. The van der Waals surface area contributed by atoms with E-state index in [1.807, 2.05) is 37.3 Å². The second kappa shape index (κ2) is 9.70. The summed E-state index contributed by atoms with van der Waals surface area (Å²) in [5, 5.41) is 11.9. The predicted octanol–water partition coefficient (Wildman–Crippen LogP) is 2.57. The van der Waals surface area contributed by atoms with Crippen molar-refractivity contribution in [3.8, 4) is 0 Å². The van der Waals surface area contributed by atoms with Crippen LogP contribution in [0.1, 0.15) is 42.2 Å². The molecule has 0 saturated heterocycles. The van der Waals surface area contributed by atoms with Crippen molar-refractivity contribution in [2.24, 2.45) is 0 Å². The number of nitrogens with zero attached hydrogens (tertiary/aromatic N) is 3. The molecule has 1 amide bonds. The molecule has 174 valence electrons. The van der Waals surface area contributed by atoms with E-state index in [0.29, 0.717) is 17.7 Å². The highest BCUT2D eigenvalue weighted by Gasteiger charge is 2.19. The Morgan fingerprint density at radius 2 is 1.88 bits per heavy atom. The molecule has 0 aliphatic carbocycles. The minimum Gasteiger partial charge on any atom is -0.466 e. The van der Waals surface area contributed by atoms with E-state index in [1.54, 1.807) is 24.4 Å². The van der Waals surface area contributed by atoms with Crippen molar-refractivity contribution < 1.29 is 14.3 Å². The van der Waals surface area contributed by atoms with Gasteiger partial charge in [-0.3, -0.25) is 24.2 Å². The van der Waals surface area contributed by atoms with E-state index in [2.05, 4.69) is 10.3 Å². The Hall–Kier alpha value is -4.27. The van der Waals surface area contributed by atoms with Crippen LogP contribution in [0.3, 0.4) is 0 Å². The number of aryl methyl sites for hydroxylation is 1. The summed E-state index contributed by atoms with van der Waals surface area (Å²) in [6, 6.07) is 15.8. The molecule has 0 spiro atoms. The maximum absolute atomic E-state index is 13.2. The number of hydrogen-bond donors (Lipinski definition) is 2. The number of amides is 1. The van der Waals surface area contributed by atoms with Crippen LogP contribution in [0.5, 0.6) is 0 Å². The first-order chi connectivity index (χ1) is 16.4. The van der Waals surface area contributed by atoms with Crippen LogP contribution in [0.4, 0.5) is 0 Å². The van der Waals surface area contributed by atoms with E-state index in [4.69, 9.17) is 10.1 Å². The molecule has 2 N–H and O–H groups in total. The summed E-state index contributed by atoms with van der Waals surface area (Å²) in [5.41, 5.74) is 1.32. The zero-order chi connectivity index (χ0) is 24.2. The topological polar surface area (TPSA) is 119 Å². The van der Waals surface area contributed by atoms with Gasteiger partial charge in [0.05, 0.1) is 23.6 Å². The second-order valence-corrected chi connectivity index (χ2v) is 7.94. The highest BCUT2D eigenvalue weighted by Crippen LogP contribution is 2.14. The van der Waals surface area contributed by atoms with E-state index in [0.717, 1.165) is 5.56 Å². The van der Waals surface area contributed by atoms with Gasteiger partial charge in [-0.2, -0.15) is 0 Å². The Morgan fingerprint density at radius 1 is 1.15 bits per heavy atom. The first kappa shape index (κ1) is 22.9. The fraction of sp³-hybridized carbons (Fsp3) is 0.240. The minimum atomic E-state index is -0.463. The lowest BCUT2D eigenvalue weighted by Gasteiger charge is -2.17. The molecule has 0 radical (unpaired) electrons. The first-order valence-corrected chi connectivity index (χ1v) is 11.0. The van der Waals surface area contributed by atoms with Gasteiger partial charge in [0.15, 0.2) is 0 Å². The molecular weight excluding hydrogens is 434 g/mol. The molecule has 1 aromatic carbocycles. The summed E-state index contributed by atoms with van der Waals surface area (Å²) in [7, 11) is 0. The van der Waals surface area contributed by atoms with Gasteiger partial charge < -0.3 is 14.6 Å². The van der Waals surface area contributed by atoms with Crippen LogP contribution in [0.15, 0.2) is 65.6 Å². The molecular formula is C25H25N5O4. The average molecular weight is 460 g/mol. The molecule has 0 unspecified atom stereocenters. The first-order valence-electron chi connectivity index (χ1n) is 11.0. The summed E-state index contributed by atoms with van der Waals surface area (Å²) in [6.07, 6.45) is 2.01. The third-order valence-electron chi connectivity index (χ3n) is 5.54. The molecule has 4 rings (SSSR count). The number of benzene rings is 1. The number of carbonyl (C=O) groups excluding carboxylic acids is 2. The third kappa shape index (κ3) is 4.59. The zero-order valence-electron chi connectivity index (χ0n) is 18.9. The van der Waals surface area contributed by atoms with Crippen LogP contribution in [-0.4, -0.2) is 32.4 Å². The highest BCUT2D eigenvalue weighted by atomic mass is 16.5. The lowest BCUT2D eigenvalue weighted by atomic mass is 10.1. The number of ether oxygens (including phenoxy) is 1. The smallest absolute Gasteiger partial charge is 0.302 e. The largest absolute Gasteiger partial charge is 0.466 e. The average Bonchev–Trinajstić information content (AvgIpc) is 2.83. The van der Waals surface area contributed by atoms with Crippen molar-refractivity contribution in [3.63, 3.8) is 0 Å². The molecule has 3 aromatic heterocycles. The summed E-state index contributed by atoms with van der Waals surface area (Å²) in [6.45, 7) is 3.58. The van der Waals surface area contributed by atoms with Gasteiger partial charge in [-0.25, -0.2) is 4.98 Å². The number of hydrogen-bond acceptors (Lipinski definition) is 6. The van der Waals surface area contributed by atoms with Gasteiger partial charge in [0, 0.05) is 19.7 Å². The van der Waals surface area contributed by atoms with Crippen LogP contribution in [0.25, 0.3) is 16.7 Å². The molecule has 4 aromatic rings. The Bertz CT molecular complexity index is 1490. The van der Waals surface area contributed by atoms with Crippen LogP contribution in [-0.2, 0) is 16.1 Å². The van der Waals surface area contributed by atoms with Gasteiger partial charge in [-0.15, -0.1) is 0 Å². The molecule has 0 aliphatic heterocycles. The predicted molar refractivity (Wildman–Crippen MR) is 126 cm³/mol. The number of esters is 1. The summed E-state index contributed by atoms with van der Waals surface area (Å²) in [4.78, 5) is 42.1. The van der Waals surface area contributed by atoms with Gasteiger partial charge in [0.1, 0.15) is 16.8 Å². The molecule has 9 heteroatoms. The summed E-state index contributed by atoms with van der Waals surface area (Å²) >= 11 is 0. The Morgan fingerprint density at radius 3 is 2.62 bits per heavy atom. The Balaban J connectivity index is 1.80. The van der Waals surface area contributed by atoms with Gasteiger partial charge in [-0.05, 0) is 37.1 Å². The number of nitrogens with one attached hydrogen (secondary N) is 2. The Labute approximate surface area is 195 Å². The third-order valence-corrected chi connectivity index (χ3v) is 5.54. The van der Waals surface area contributed by atoms with E-state index in [1.165, 1.54) is 22.0 Å². The molecule has 0 saturated carbocycles. The van der Waals surface area contributed by atoms with Crippen LogP contribution in [0.2, 0.25) is 0 Å².